The van der Waals surface area contributed by atoms with Crippen LogP contribution in [0.25, 0.3) is 0 Å². The van der Waals surface area contributed by atoms with Gasteiger partial charge in [0.15, 0.2) is 0 Å². The smallest absolute Gasteiger partial charge is 0.0880 e. The van der Waals surface area contributed by atoms with Crippen LogP contribution >= 0.6 is 15.9 Å². The molecule has 2 saturated carbocycles. The third-order valence-electron chi connectivity index (χ3n) is 6.53. The number of aliphatic hydroxyl groups excluding tert-OH is 1. The SMILES string of the molecule is C=CC([C@H]1CC[C@@](C)(O)[C@H](Br)C1)[C@H]1[C@H](C(=C)C)CC[C@](C)(O)[C@H]1O. The van der Waals surface area contributed by atoms with Crippen molar-refractivity contribution in [3.8, 4) is 0 Å². The Hall–Kier alpha value is -0.160. The maximum Gasteiger partial charge on any atom is 0.0880 e. The van der Waals surface area contributed by atoms with Gasteiger partial charge in [0.05, 0.1) is 17.3 Å². The molecule has 3 N–H and O–H groups in total. The summed E-state index contributed by atoms with van der Waals surface area (Å²) < 4.78 is 0. The van der Waals surface area contributed by atoms with Crippen molar-refractivity contribution < 1.29 is 15.3 Å². The summed E-state index contributed by atoms with van der Waals surface area (Å²) in [5.74, 6) is 0.558. The van der Waals surface area contributed by atoms with Crippen molar-refractivity contribution in [2.24, 2.45) is 23.7 Å². The van der Waals surface area contributed by atoms with Gasteiger partial charge in [-0.1, -0.05) is 34.2 Å². The van der Waals surface area contributed by atoms with Gasteiger partial charge in [0, 0.05) is 10.7 Å². The van der Waals surface area contributed by atoms with E-state index in [4.69, 9.17) is 0 Å². The molecule has 2 rings (SSSR count). The summed E-state index contributed by atoms with van der Waals surface area (Å²) in [5.41, 5.74) is -0.682. The van der Waals surface area contributed by atoms with Gasteiger partial charge in [-0.2, -0.15) is 0 Å². The van der Waals surface area contributed by atoms with Gasteiger partial charge in [-0.25, -0.2) is 0 Å². The van der Waals surface area contributed by atoms with Gasteiger partial charge >= 0.3 is 0 Å². The number of alkyl halides is 1. The molecule has 2 aliphatic carbocycles. The highest BCUT2D eigenvalue weighted by Gasteiger charge is 2.50. The first-order chi connectivity index (χ1) is 11.0. The molecule has 2 aliphatic rings. The standard InChI is InChI=1S/C20H33BrO3/c1-6-14(13-7-9-19(4,23)16(21)11-13)17-15(12(2)3)8-10-20(5,24)18(17)22/h6,13-18,22-24H,1-2,7-11H2,3-5H3/t13-,14?,15-,16+,17-,18-,19+,20-/m0/s1. The number of hydrogen-bond donors (Lipinski definition) is 3. The van der Waals surface area contributed by atoms with Crippen LogP contribution in [0.2, 0.25) is 0 Å². The molecule has 0 aromatic carbocycles. The lowest BCUT2D eigenvalue weighted by molar-refractivity contribution is -0.142. The zero-order valence-electron chi connectivity index (χ0n) is 15.2. The van der Waals surface area contributed by atoms with E-state index >= 15 is 0 Å². The van der Waals surface area contributed by atoms with E-state index in [1.807, 2.05) is 19.9 Å². The fraction of sp³-hybridized carbons (Fsp3) is 0.800. The summed E-state index contributed by atoms with van der Waals surface area (Å²) in [7, 11) is 0. The highest BCUT2D eigenvalue weighted by molar-refractivity contribution is 9.09. The van der Waals surface area contributed by atoms with E-state index in [2.05, 4.69) is 29.1 Å². The average Bonchev–Trinajstić information content (AvgIpc) is 2.47. The Morgan fingerprint density at radius 1 is 1.21 bits per heavy atom. The molecule has 2 fully saturated rings. The molecule has 0 saturated heterocycles. The third-order valence-corrected chi connectivity index (χ3v) is 7.89. The molecule has 0 aliphatic heterocycles. The van der Waals surface area contributed by atoms with Crippen LogP contribution in [0.5, 0.6) is 0 Å². The quantitative estimate of drug-likeness (QED) is 0.496. The fourth-order valence-corrected chi connectivity index (χ4v) is 5.47. The summed E-state index contributed by atoms with van der Waals surface area (Å²) in [6.45, 7) is 13.8. The van der Waals surface area contributed by atoms with E-state index in [1.54, 1.807) is 6.92 Å². The lowest BCUT2D eigenvalue weighted by Gasteiger charge is -2.50. The summed E-state index contributed by atoms with van der Waals surface area (Å²) >= 11 is 3.64. The number of allylic oxidation sites excluding steroid dienone is 2. The van der Waals surface area contributed by atoms with E-state index in [0.29, 0.717) is 12.3 Å². The van der Waals surface area contributed by atoms with E-state index in [9.17, 15) is 15.3 Å². The molecule has 0 bridgehead atoms. The Kier molecular flexibility index (Phi) is 6.06. The number of rotatable bonds is 4. The lowest BCUT2D eigenvalue weighted by Crippen LogP contribution is -2.54. The Balaban J connectivity index is 2.28. The second-order valence-electron chi connectivity index (χ2n) is 8.54. The highest BCUT2D eigenvalue weighted by Crippen LogP contribution is 2.49. The second-order valence-corrected chi connectivity index (χ2v) is 9.65. The minimum atomic E-state index is -1.06. The normalized spacial score (nSPS) is 47.9. The predicted octanol–water partition coefficient (Wildman–Crippen LogP) is 3.82. The van der Waals surface area contributed by atoms with E-state index < -0.39 is 17.3 Å². The minimum Gasteiger partial charge on any atom is -0.390 e. The van der Waals surface area contributed by atoms with Crippen LogP contribution in [0.1, 0.15) is 52.9 Å². The maximum atomic E-state index is 10.9. The lowest BCUT2D eigenvalue weighted by atomic mass is 9.59. The van der Waals surface area contributed by atoms with Gasteiger partial charge in [0.1, 0.15) is 0 Å². The summed E-state index contributed by atoms with van der Waals surface area (Å²) in [4.78, 5) is 0.0377. The third kappa shape index (κ3) is 3.82. The van der Waals surface area contributed by atoms with E-state index in [-0.39, 0.29) is 22.6 Å². The van der Waals surface area contributed by atoms with E-state index in [1.165, 1.54) is 0 Å². The zero-order chi connectivity index (χ0) is 18.3. The molecule has 4 heteroatoms. The topological polar surface area (TPSA) is 60.7 Å². The first kappa shape index (κ1) is 20.2. The van der Waals surface area contributed by atoms with Gasteiger partial charge in [-0.05, 0) is 70.6 Å². The Labute approximate surface area is 155 Å². The van der Waals surface area contributed by atoms with E-state index in [0.717, 1.165) is 31.3 Å². The van der Waals surface area contributed by atoms with Gasteiger partial charge in [0.25, 0.3) is 0 Å². The molecule has 8 atom stereocenters. The van der Waals surface area contributed by atoms with Crippen LogP contribution in [0.15, 0.2) is 24.8 Å². The van der Waals surface area contributed by atoms with Crippen molar-refractivity contribution in [2.75, 3.05) is 0 Å². The molecule has 0 amide bonds. The highest BCUT2D eigenvalue weighted by atomic mass is 79.9. The summed E-state index contributed by atoms with van der Waals surface area (Å²) in [6, 6.07) is 0. The fourth-order valence-electron chi connectivity index (χ4n) is 4.76. The molecule has 3 nitrogen and oxygen atoms in total. The van der Waals surface area contributed by atoms with Gasteiger partial charge in [0.2, 0.25) is 0 Å². The van der Waals surface area contributed by atoms with Crippen molar-refractivity contribution in [1.29, 1.82) is 0 Å². The maximum absolute atomic E-state index is 10.9. The molecule has 138 valence electrons. The van der Waals surface area contributed by atoms with Crippen molar-refractivity contribution in [2.45, 2.75) is 75.0 Å². The van der Waals surface area contributed by atoms with Gasteiger partial charge < -0.3 is 15.3 Å². The first-order valence-electron chi connectivity index (χ1n) is 9.06. The first-order valence-corrected chi connectivity index (χ1v) is 9.97. The Morgan fingerprint density at radius 3 is 2.29 bits per heavy atom. The molecule has 0 radical (unpaired) electrons. The monoisotopic (exact) mass is 400 g/mol. The molecule has 24 heavy (non-hydrogen) atoms. The molecule has 0 aromatic rings. The van der Waals surface area contributed by atoms with Crippen LogP contribution in [0.4, 0.5) is 0 Å². The molecule has 0 heterocycles. The molecular formula is C20H33BrO3. The van der Waals surface area contributed by atoms with Crippen LogP contribution < -0.4 is 0 Å². The van der Waals surface area contributed by atoms with Crippen LogP contribution in [0.3, 0.4) is 0 Å². The minimum absolute atomic E-state index is 0.0377. The molecule has 0 spiro atoms. The second kappa shape index (κ2) is 7.22. The summed E-state index contributed by atoms with van der Waals surface area (Å²) in [6.07, 6.45) is 5.08. The molecular weight excluding hydrogens is 368 g/mol. The largest absolute Gasteiger partial charge is 0.390 e. The average molecular weight is 401 g/mol. The van der Waals surface area contributed by atoms with Crippen molar-refractivity contribution in [3.63, 3.8) is 0 Å². The zero-order valence-corrected chi connectivity index (χ0v) is 16.8. The van der Waals surface area contributed by atoms with Crippen molar-refractivity contribution in [1.82, 2.24) is 0 Å². The van der Waals surface area contributed by atoms with Crippen molar-refractivity contribution in [3.05, 3.63) is 24.8 Å². The number of aliphatic hydroxyl groups is 3. The Bertz CT molecular complexity index is 485. The predicted molar refractivity (Wildman–Crippen MR) is 102 cm³/mol. The van der Waals surface area contributed by atoms with Crippen LogP contribution in [-0.4, -0.2) is 37.5 Å². The number of halogens is 1. The number of hydrogen-bond acceptors (Lipinski definition) is 3. The Morgan fingerprint density at radius 2 is 1.79 bits per heavy atom. The summed E-state index contributed by atoms with van der Waals surface area (Å²) in [5, 5.41) is 32.0. The molecule has 0 aromatic heterocycles. The van der Waals surface area contributed by atoms with Gasteiger partial charge in [-0.3, -0.25) is 0 Å². The molecule has 1 unspecified atom stereocenters. The van der Waals surface area contributed by atoms with Gasteiger partial charge in [-0.15, -0.1) is 6.58 Å². The van der Waals surface area contributed by atoms with Crippen molar-refractivity contribution >= 4 is 15.9 Å². The van der Waals surface area contributed by atoms with Crippen LogP contribution in [0, 0.1) is 23.7 Å². The van der Waals surface area contributed by atoms with Crippen LogP contribution in [-0.2, 0) is 0 Å².